The van der Waals surface area contributed by atoms with Crippen molar-refractivity contribution in [3.63, 3.8) is 0 Å². The summed E-state index contributed by atoms with van der Waals surface area (Å²) in [6.07, 6.45) is 2.52. The average molecular weight is 201 g/mol. The van der Waals surface area contributed by atoms with E-state index < -0.39 is 0 Å². The third-order valence-corrected chi connectivity index (χ3v) is 2.22. The van der Waals surface area contributed by atoms with Crippen LogP contribution in [0.25, 0.3) is 10.9 Å². The van der Waals surface area contributed by atoms with Crippen molar-refractivity contribution < 1.29 is 9.53 Å². The van der Waals surface area contributed by atoms with Crippen LogP contribution in [0.15, 0.2) is 36.5 Å². The highest BCUT2D eigenvalue weighted by Gasteiger charge is 1.97. The molecule has 1 aromatic heterocycles. The maximum Gasteiger partial charge on any atom is 0.293 e. The number of para-hydroxylation sites is 1. The van der Waals surface area contributed by atoms with Crippen LogP contribution in [0.2, 0.25) is 0 Å². The SMILES string of the molecule is O=COCCc1cnc2ccccc2c1. The van der Waals surface area contributed by atoms with Crippen molar-refractivity contribution in [3.05, 3.63) is 42.1 Å². The number of ether oxygens (including phenoxy) is 1. The van der Waals surface area contributed by atoms with Crippen molar-refractivity contribution in [1.82, 2.24) is 4.98 Å². The summed E-state index contributed by atoms with van der Waals surface area (Å²) in [5, 5.41) is 1.11. The number of carbonyl (C=O) groups is 1. The van der Waals surface area contributed by atoms with E-state index in [1.807, 2.05) is 30.5 Å². The van der Waals surface area contributed by atoms with Crippen LogP contribution >= 0.6 is 0 Å². The Morgan fingerprint density at radius 2 is 2.20 bits per heavy atom. The third-order valence-electron chi connectivity index (χ3n) is 2.22. The minimum atomic E-state index is 0.406. The summed E-state index contributed by atoms with van der Waals surface area (Å²) >= 11 is 0. The van der Waals surface area contributed by atoms with Crippen molar-refractivity contribution in [1.29, 1.82) is 0 Å². The Bertz CT molecular complexity index is 468. The first-order chi connectivity index (χ1) is 7.40. The van der Waals surface area contributed by atoms with Gasteiger partial charge in [0.25, 0.3) is 6.47 Å². The van der Waals surface area contributed by atoms with Gasteiger partial charge in [-0.15, -0.1) is 0 Å². The Balaban J connectivity index is 2.19. The number of aromatic nitrogens is 1. The van der Waals surface area contributed by atoms with Crippen LogP contribution in [0.4, 0.5) is 0 Å². The van der Waals surface area contributed by atoms with E-state index in [0.29, 0.717) is 19.5 Å². The summed E-state index contributed by atoms with van der Waals surface area (Å²) in [5.74, 6) is 0. The Morgan fingerprint density at radius 3 is 3.07 bits per heavy atom. The van der Waals surface area contributed by atoms with E-state index in [9.17, 15) is 4.79 Å². The molecule has 0 atom stereocenters. The second-order valence-electron chi connectivity index (χ2n) is 3.25. The first kappa shape index (κ1) is 9.65. The van der Waals surface area contributed by atoms with Gasteiger partial charge in [0, 0.05) is 18.0 Å². The summed E-state index contributed by atoms with van der Waals surface area (Å²) < 4.78 is 4.64. The Kier molecular flexibility index (Phi) is 2.93. The number of pyridine rings is 1. The predicted molar refractivity (Wildman–Crippen MR) is 57.5 cm³/mol. The molecule has 1 aromatic carbocycles. The lowest BCUT2D eigenvalue weighted by Gasteiger charge is -2.01. The van der Waals surface area contributed by atoms with Gasteiger partial charge in [0.1, 0.15) is 0 Å². The van der Waals surface area contributed by atoms with E-state index in [1.54, 1.807) is 0 Å². The summed E-state index contributed by atoms with van der Waals surface area (Å²) in [6.45, 7) is 0.873. The third kappa shape index (κ3) is 2.31. The molecule has 15 heavy (non-hydrogen) atoms. The fraction of sp³-hybridized carbons (Fsp3) is 0.167. The summed E-state index contributed by atoms with van der Waals surface area (Å²) in [4.78, 5) is 14.3. The van der Waals surface area contributed by atoms with Crippen LogP contribution in [0, 0.1) is 0 Å². The van der Waals surface area contributed by atoms with Gasteiger partial charge >= 0.3 is 0 Å². The van der Waals surface area contributed by atoms with Crippen molar-refractivity contribution in [2.75, 3.05) is 6.61 Å². The topological polar surface area (TPSA) is 39.2 Å². The lowest BCUT2D eigenvalue weighted by Crippen LogP contribution is -1.97. The number of nitrogens with zero attached hydrogens (tertiary/aromatic N) is 1. The van der Waals surface area contributed by atoms with E-state index in [2.05, 4.69) is 15.8 Å². The fourth-order valence-electron chi connectivity index (χ4n) is 1.48. The van der Waals surface area contributed by atoms with Gasteiger partial charge in [0.15, 0.2) is 0 Å². The second kappa shape index (κ2) is 4.55. The van der Waals surface area contributed by atoms with Crippen molar-refractivity contribution in [2.45, 2.75) is 6.42 Å². The molecule has 0 saturated heterocycles. The molecule has 0 N–H and O–H groups in total. The molecule has 0 radical (unpaired) electrons. The van der Waals surface area contributed by atoms with E-state index in [1.165, 1.54) is 0 Å². The maximum absolute atomic E-state index is 9.97. The molecule has 0 amide bonds. The van der Waals surface area contributed by atoms with Crippen LogP contribution in [0.5, 0.6) is 0 Å². The maximum atomic E-state index is 9.97. The molecule has 0 bridgehead atoms. The van der Waals surface area contributed by atoms with E-state index in [0.717, 1.165) is 16.5 Å². The molecule has 3 heteroatoms. The van der Waals surface area contributed by atoms with Gasteiger partial charge in [0.05, 0.1) is 12.1 Å². The molecule has 0 aliphatic heterocycles. The molecule has 76 valence electrons. The first-order valence-corrected chi connectivity index (χ1v) is 4.79. The normalized spacial score (nSPS) is 10.1. The summed E-state index contributed by atoms with van der Waals surface area (Å²) in [5.41, 5.74) is 2.06. The Labute approximate surface area is 87.7 Å². The molecule has 0 unspecified atom stereocenters. The van der Waals surface area contributed by atoms with Crippen LogP contribution in [0.3, 0.4) is 0 Å². The molecular formula is C12H11NO2. The summed E-state index contributed by atoms with van der Waals surface area (Å²) in [6, 6.07) is 10.0. The molecule has 3 nitrogen and oxygen atoms in total. The second-order valence-corrected chi connectivity index (χ2v) is 3.25. The number of carbonyl (C=O) groups excluding carboxylic acids is 1. The van der Waals surface area contributed by atoms with E-state index in [4.69, 9.17) is 0 Å². The van der Waals surface area contributed by atoms with Crippen LogP contribution < -0.4 is 0 Å². The zero-order chi connectivity index (χ0) is 10.5. The van der Waals surface area contributed by atoms with Gasteiger partial charge < -0.3 is 4.74 Å². The van der Waals surface area contributed by atoms with Crippen LogP contribution in [-0.2, 0) is 16.0 Å². The molecule has 0 aliphatic carbocycles. The quantitative estimate of drug-likeness (QED) is 0.560. The van der Waals surface area contributed by atoms with Gasteiger partial charge in [-0.25, -0.2) is 0 Å². The minimum Gasteiger partial charge on any atom is -0.468 e. The smallest absolute Gasteiger partial charge is 0.293 e. The molecule has 0 spiro atoms. The molecule has 2 rings (SSSR count). The molecular weight excluding hydrogens is 190 g/mol. The largest absolute Gasteiger partial charge is 0.468 e. The summed E-state index contributed by atoms with van der Waals surface area (Å²) in [7, 11) is 0. The van der Waals surface area contributed by atoms with Crippen LogP contribution in [-0.4, -0.2) is 18.1 Å². The van der Waals surface area contributed by atoms with E-state index in [-0.39, 0.29) is 0 Å². The molecule has 0 fully saturated rings. The van der Waals surface area contributed by atoms with Gasteiger partial charge in [0.2, 0.25) is 0 Å². The Hall–Kier alpha value is -1.90. The monoisotopic (exact) mass is 201 g/mol. The van der Waals surface area contributed by atoms with Crippen molar-refractivity contribution >= 4 is 17.4 Å². The fourth-order valence-corrected chi connectivity index (χ4v) is 1.48. The molecule has 0 saturated carbocycles. The van der Waals surface area contributed by atoms with Gasteiger partial charge in [-0.3, -0.25) is 9.78 Å². The average Bonchev–Trinajstić information content (AvgIpc) is 2.29. The highest BCUT2D eigenvalue weighted by atomic mass is 16.5. The zero-order valence-electron chi connectivity index (χ0n) is 8.22. The number of hydrogen-bond acceptors (Lipinski definition) is 3. The number of hydrogen-bond donors (Lipinski definition) is 0. The first-order valence-electron chi connectivity index (χ1n) is 4.79. The molecule has 0 aliphatic rings. The molecule has 2 aromatic rings. The minimum absolute atomic E-state index is 0.406. The van der Waals surface area contributed by atoms with Crippen molar-refractivity contribution in [2.24, 2.45) is 0 Å². The highest BCUT2D eigenvalue weighted by Crippen LogP contribution is 2.12. The Morgan fingerprint density at radius 1 is 1.33 bits per heavy atom. The predicted octanol–water partition coefficient (Wildman–Crippen LogP) is 1.95. The lowest BCUT2D eigenvalue weighted by molar-refractivity contribution is -0.128. The number of benzene rings is 1. The van der Waals surface area contributed by atoms with Gasteiger partial charge in [-0.05, 0) is 17.7 Å². The van der Waals surface area contributed by atoms with Gasteiger partial charge in [-0.2, -0.15) is 0 Å². The highest BCUT2D eigenvalue weighted by molar-refractivity contribution is 5.78. The van der Waals surface area contributed by atoms with E-state index >= 15 is 0 Å². The number of fused-ring (bicyclic) bond motifs is 1. The van der Waals surface area contributed by atoms with Crippen molar-refractivity contribution in [3.8, 4) is 0 Å². The molecule has 1 heterocycles. The van der Waals surface area contributed by atoms with Crippen LogP contribution in [0.1, 0.15) is 5.56 Å². The zero-order valence-corrected chi connectivity index (χ0v) is 8.22. The lowest BCUT2D eigenvalue weighted by atomic mass is 10.1. The van der Waals surface area contributed by atoms with Gasteiger partial charge in [-0.1, -0.05) is 18.2 Å². The number of rotatable bonds is 4. The standard InChI is InChI=1S/C12H11NO2/c14-9-15-6-5-10-7-11-3-1-2-4-12(11)13-8-10/h1-4,7-9H,5-6H2.